The van der Waals surface area contributed by atoms with Crippen LogP contribution in [0.1, 0.15) is 86.3 Å². The van der Waals surface area contributed by atoms with Crippen LogP contribution in [0.3, 0.4) is 0 Å². The Morgan fingerprint density at radius 1 is 1.13 bits per heavy atom. The maximum absolute atomic E-state index is 12.8. The molecule has 1 amide bonds. The zero-order valence-corrected chi connectivity index (χ0v) is 18.7. The molecular weight excluding hydrogens is 370 g/mol. The first-order valence-corrected chi connectivity index (χ1v) is 11.5. The van der Waals surface area contributed by atoms with Crippen LogP contribution in [0.5, 0.6) is 0 Å². The topological polar surface area (TPSA) is 53.2 Å². The van der Waals surface area contributed by atoms with Crippen molar-refractivity contribution < 1.29 is 4.79 Å². The predicted molar refractivity (Wildman–Crippen MR) is 124 cm³/mol. The van der Waals surface area contributed by atoms with E-state index in [1.807, 2.05) is 25.2 Å². The maximum Gasteiger partial charge on any atom is 0.222 e. The highest BCUT2D eigenvalue weighted by molar-refractivity contribution is 5.77. The van der Waals surface area contributed by atoms with E-state index in [1.54, 1.807) is 0 Å². The van der Waals surface area contributed by atoms with Crippen molar-refractivity contribution in [3.05, 3.63) is 70.8 Å². The highest BCUT2D eigenvalue weighted by Crippen LogP contribution is 2.32. The van der Waals surface area contributed by atoms with Gasteiger partial charge in [0.1, 0.15) is 0 Å². The van der Waals surface area contributed by atoms with Crippen LogP contribution in [0.4, 0.5) is 0 Å². The van der Waals surface area contributed by atoms with Gasteiger partial charge in [-0.05, 0) is 68.5 Å². The van der Waals surface area contributed by atoms with Gasteiger partial charge in [-0.3, -0.25) is 4.79 Å². The van der Waals surface area contributed by atoms with Gasteiger partial charge in [-0.1, -0.05) is 61.9 Å². The molecule has 0 spiro atoms. The lowest BCUT2D eigenvalue weighted by atomic mass is 9.85. The van der Waals surface area contributed by atoms with E-state index in [2.05, 4.69) is 60.1 Å². The van der Waals surface area contributed by atoms with Gasteiger partial charge in [-0.15, -0.1) is 0 Å². The number of rotatable bonds is 10. The summed E-state index contributed by atoms with van der Waals surface area (Å²) in [5.41, 5.74) is 5.17. The minimum atomic E-state index is 0.0340. The van der Waals surface area contributed by atoms with Gasteiger partial charge in [0, 0.05) is 18.5 Å². The third-order valence-electron chi connectivity index (χ3n) is 6.24. The molecule has 0 bridgehead atoms. The standard InChI is InChI=1S/C26H37N3O/c1-4-5-16-28-19(2)21-14-15-23-22(17-21)12-9-13-24(23)29-26(30)18-25(27-3)20-10-7-6-8-11-20/h6-8,10-11,14-15,17,19,24-25,27-28H,4-5,9,12-13,16,18H2,1-3H3,(H,29,30)/t19?,24-,25-/m1/s1. The maximum atomic E-state index is 12.8. The van der Waals surface area contributed by atoms with Crippen LogP contribution in [0, 0.1) is 0 Å². The Kier molecular flexibility index (Phi) is 8.47. The lowest BCUT2D eigenvalue weighted by Gasteiger charge is -2.28. The van der Waals surface area contributed by atoms with Gasteiger partial charge >= 0.3 is 0 Å². The van der Waals surface area contributed by atoms with E-state index in [0.29, 0.717) is 12.5 Å². The summed E-state index contributed by atoms with van der Waals surface area (Å²) in [4.78, 5) is 12.8. The number of hydrogen-bond donors (Lipinski definition) is 3. The molecule has 0 saturated carbocycles. The zero-order chi connectivity index (χ0) is 21.3. The van der Waals surface area contributed by atoms with E-state index in [-0.39, 0.29) is 18.0 Å². The summed E-state index contributed by atoms with van der Waals surface area (Å²) in [6, 6.07) is 17.5. The molecule has 3 atom stereocenters. The Morgan fingerprint density at radius 3 is 2.67 bits per heavy atom. The van der Waals surface area contributed by atoms with Gasteiger partial charge < -0.3 is 16.0 Å². The Balaban J connectivity index is 1.64. The number of carbonyl (C=O) groups is 1. The van der Waals surface area contributed by atoms with Crippen LogP contribution >= 0.6 is 0 Å². The minimum Gasteiger partial charge on any atom is -0.349 e. The smallest absolute Gasteiger partial charge is 0.222 e. The van der Waals surface area contributed by atoms with Gasteiger partial charge in [0.15, 0.2) is 0 Å². The van der Waals surface area contributed by atoms with Crippen LogP contribution < -0.4 is 16.0 Å². The Hall–Kier alpha value is -2.17. The molecule has 4 heteroatoms. The minimum absolute atomic E-state index is 0.0340. The lowest BCUT2D eigenvalue weighted by Crippen LogP contribution is -2.33. The molecule has 0 heterocycles. The second-order valence-electron chi connectivity index (χ2n) is 8.46. The fourth-order valence-electron chi connectivity index (χ4n) is 4.38. The molecule has 1 unspecified atom stereocenters. The molecule has 0 radical (unpaired) electrons. The van der Waals surface area contributed by atoms with E-state index in [9.17, 15) is 4.79 Å². The van der Waals surface area contributed by atoms with Gasteiger partial charge in [-0.25, -0.2) is 0 Å². The first-order chi connectivity index (χ1) is 14.6. The van der Waals surface area contributed by atoms with Crippen molar-refractivity contribution in [2.24, 2.45) is 0 Å². The normalized spacial score (nSPS) is 17.8. The summed E-state index contributed by atoms with van der Waals surface area (Å²) in [5.74, 6) is 0.106. The fraction of sp³-hybridized carbons (Fsp3) is 0.500. The Morgan fingerprint density at radius 2 is 1.93 bits per heavy atom. The SMILES string of the molecule is CCCCNC(C)c1ccc2c(c1)CCC[C@H]2NC(=O)C[C@@H](NC)c1ccccc1. The molecule has 4 nitrogen and oxygen atoms in total. The molecule has 0 aliphatic heterocycles. The highest BCUT2D eigenvalue weighted by Gasteiger charge is 2.24. The predicted octanol–water partition coefficient (Wildman–Crippen LogP) is 4.98. The number of nitrogens with one attached hydrogen (secondary N) is 3. The van der Waals surface area contributed by atoms with Crippen molar-refractivity contribution in [1.29, 1.82) is 0 Å². The van der Waals surface area contributed by atoms with Crippen molar-refractivity contribution in [3.8, 4) is 0 Å². The third kappa shape index (κ3) is 5.93. The number of hydrogen-bond acceptors (Lipinski definition) is 3. The first-order valence-electron chi connectivity index (χ1n) is 11.5. The lowest BCUT2D eigenvalue weighted by molar-refractivity contribution is -0.122. The Bertz CT molecular complexity index is 805. The van der Waals surface area contributed by atoms with Crippen molar-refractivity contribution in [1.82, 2.24) is 16.0 Å². The molecule has 2 aromatic carbocycles. The van der Waals surface area contributed by atoms with Gasteiger partial charge in [0.2, 0.25) is 5.91 Å². The van der Waals surface area contributed by atoms with Gasteiger partial charge in [0.05, 0.1) is 6.04 Å². The number of fused-ring (bicyclic) bond motifs is 1. The van der Waals surface area contributed by atoms with Crippen molar-refractivity contribution >= 4 is 5.91 Å². The number of unbranched alkanes of at least 4 members (excludes halogenated alkanes) is 1. The van der Waals surface area contributed by atoms with Gasteiger partial charge in [0.25, 0.3) is 0 Å². The number of aryl methyl sites for hydroxylation is 1. The summed E-state index contributed by atoms with van der Waals surface area (Å²) in [6.45, 7) is 5.51. The number of amides is 1. The quantitative estimate of drug-likeness (QED) is 0.487. The molecule has 3 rings (SSSR count). The highest BCUT2D eigenvalue weighted by atomic mass is 16.1. The summed E-state index contributed by atoms with van der Waals surface area (Å²) < 4.78 is 0. The summed E-state index contributed by atoms with van der Waals surface area (Å²) in [7, 11) is 1.91. The van der Waals surface area contributed by atoms with Gasteiger partial charge in [-0.2, -0.15) is 0 Å². The van der Waals surface area contributed by atoms with E-state index in [4.69, 9.17) is 0 Å². The molecule has 2 aromatic rings. The molecule has 162 valence electrons. The van der Waals surface area contributed by atoms with E-state index in [1.165, 1.54) is 29.5 Å². The number of benzene rings is 2. The van der Waals surface area contributed by atoms with Crippen LogP contribution in [-0.4, -0.2) is 19.5 Å². The molecule has 3 N–H and O–H groups in total. The third-order valence-corrected chi connectivity index (χ3v) is 6.24. The van der Waals surface area contributed by atoms with Crippen LogP contribution in [-0.2, 0) is 11.2 Å². The van der Waals surface area contributed by atoms with Crippen LogP contribution in [0.2, 0.25) is 0 Å². The summed E-state index contributed by atoms with van der Waals surface area (Å²) in [5, 5.41) is 10.2. The zero-order valence-electron chi connectivity index (χ0n) is 18.7. The van der Waals surface area contributed by atoms with Crippen molar-refractivity contribution in [2.45, 2.75) is 70.5 Å². The van der Waals surface area contributed by atoms with Crippen LogP contribution in [0.25, 0.3) is 0 Å². The second kappa shape index (κ2) is 11.3. The fourth-order valence-corrected chi connectivity index (χ4v) is 4.38. The molecule has 0 aromatic heterocycles. The van der Waals surface area contributed by atoms with E-state index < -0.39 is 0 Å². The number of carbonyl (C=O) groups excluding carboxylic acids is 1. The van der Waals surface area contributed by atoms with Crippen molar-refractivity contribution in [3.63, 3.8) is 0 Å². The first kappa shape index (κ1) is 22.5. The second-order valence-corrected chi connectivity index (χ2v) is 8.46. The summed E-state index contributed by atoms with van der Waals surface area (Å²) in [6.07, 6.45) is 6.10. The molecular formula is C26H37N3O. The summed E-state index contributed by atoms with van der Waals surface area (Å²) >= 11 is 0. The van der Waals surface area contributed by atoms with E-state index >= 15 is 0 Å². The molecule has 0 fully saturated rings. The largest absolute Gasteiger partial charge is 0.349 e. The molecule has 30 heavy (non-hydrogen) atoms. The Labute approximate surface area is 181 Å². The molecule has 0 saturated heterocycles. The monoisotopic (exact) mass is 407 g/mol. The average Bonchev–Trinajstić information content (AvgIpc) is 2.78. The van der Waals surface area contributed by atoms with E-state index in [0.717, 1.165) is 31.4 Å². The molecule has 1 aliphatic carbocycles. The average molecular weight is 408 g/mol. The van der Waals surface area contributed by atoms with Crippen LogP contribution in [0.15, 0.2) is 48.5 Å². The molecule has 1 aliphatic rings. The van der Waals surface area contributed by atoms with Crippen molar-refractivity contribution in [2.75, 3.05) is 13.6 Å².